The SMILES string of the molecule is Br.Br.Cc1ccc2c(c1O)C[C@@H](C1CCN(CCc3ccccc3)CC1)O[C@H]2CN. The normalized spacial score (nSPS) is 21.9. The summed E-state index contributed by atoms with van der Waals surface area (Å²) in [6.07, 6.45) is 4.27. The number of nitrogens with two attached hydrogens (primary N) is 1. The number of benzene rings is 2. The van der Waals surface area contributed by atoms with Crippen LogP contribution in [0.15, 0.2) is 42.5 Å². The lowest BCUT2D eigenvalue weighted by Crippen LogP contribution is -2.42. The molecule has 0 spiro atoms. The number of phenolic OH excluding ortho intramolecular Hbond substituents is 1. The number of nitrogens with zero attached hydrogens (tertiary/aromatic N) is 1. The highest BCUT2D eigenvalue weighted by Gasteiger charge is 2.35. The summed E-state index contributed by atoms with van der Waals surface area (Å²) in [6.45, 7) is 5.79. The number of phenols is 1. The molecule has 2 aromatic carbocycles. The van der Waals surface area contributed by atoms with Gasteiger partial charge in [0.15, 0.2) is 0 Å². The van der Waals surface area contributed by atoms with Gasteiger partial charge < -0.3 is 20.5 Å². The van der Waals surface area contributed by atoms with Gasteiger partial charge in [0.25, 0.3) is 0 Å². The average Bonchev–Trinajstić information content (AvgIpc) is 2.75. The fourth-order valence-corrected chi connectivity index (χ4v) is 4.76. The van der Waals surface area contributed by atoms with Gasteiger partial charge in [0.1, 0.15) is 5.75 Å². The average molecular weight is 542 g/mol. The molecule has 1 saturated heterocycles. The zero-order chi connectivity index (χ0) is 19.5. The lowest BCUT2D eigenvalue weighted by atomic mass is 9.83. The van der Waals surface area contributed by atoms with Crippen LogP contribution in [0.25, 0.3) is 0 Å². The van der Waals surface area contributed by atoms with Crippen molar-refractivity contribution in [3.05, 3.63) is 64.7 Å². The van der Waals surface area contributed by atoms with Crippen LogP contribution in [0, 0.1) is 12.8 Å². The summed E-state index contributed by atoms with van der Waals surface area (Å²) in [7, 11) is 0. The molecule has 2 atom stereocenters. The lowest BCUT2D eigenvalue weighted by Gasteiger charge is -2.40. The van der Waals surface area contributed by atoms with Gasteiger partial charge in [0.2, 0.25) is 0 Å². The first kappa shape index (κ1) is 25.3. The summed E-state index contributed by atoms with van der Waals surface area (Å²) < 4.78 is 6.41. The second-order valence-electron chi connectivity index (χ2n) is 8.32. The third-order valence-electron chi connectivity index (χ3n) is 6.54. The molecule has 2 aliphatic heterocycles. The van der Waals surface area contributed by atoms with E-state index >= 15 is 0 Å². The monoisotopic (exact) mass is 540 g/mol. The van der Waals surface area contributed by atoms with E-state index in [1.807, 2.05) is 13.0 Å². The van der Waals surface area contributed by atoms with Crippen LogP contribution in [0.5, 0.6) is 5.75 Å². The molecule has 4 nitrogen and oxygen atoms in total. The number of rotatable bonds is 5. The number of hydrogen-bond acceptors (Lipinski definition) is 4. The van der Waals surface area contributed by atoms with E-state index in [1.165, 1.54) is 5.56 Å². The van der Waals surface area contributed by atoms with E-state index in [1.54, 1.807) is 0 Å². The minimum absolute atomic E-state index is 0. The summed E-state index contributed by atoms with van der Waals surface area (Å²) in [6, 6.07) is 14.8. The number of ether oxygens (including phenoxy) is 1. The van der Waals surface area contributed by atoms with Crippen LogP contribution in [0.1, 0.15) is 41.2 Å². The quantitative estimate of drug-likeness (QED) is 0.573. The number of hydrogen-bond donors (Lipinski definition) is 2. The maximum atomic E-state index is 10.6. The predicted molar refractivity (Wildman–Crippen MR) is 133 cm³/mol. The second-order valence-corrected chi connectivity index (χ2v) is 8.32. The molecule has 0 unspecified atom stereocenters. The van der Waals surface area contributed by atoms with Gasteiger partial charge in [-0.3, -0.25) is 0 Å². The first-order chi connectivity index (χ1) is 13.7. The molecule has 0 bridgehead atoms. The summed E-state index contributed by atoms with van der Waals surface area (Å²) in [5.41, 5.74) is 10.5. The van der Waals surface area contributed by atoms with E-state index in [4.69, 9.17) is 10.5 Å². The molecule has 0 amide bonds. The third-order valence-corrected chi connectivity index (χ3v) is 6.54. The van der Waals surface area contributed by atoms with Crippen molar-refractivity contribution < 1.29 is 9.84 Å². The van der Waals surface area contributed by atoms with Crippen LogP contribution in [0.3, 0.4) is 0 Å². The van der Waals surface area contributed by atoms with Gasteiger partial charge in [0.05, 0.1) is 12.2 Å². The molecule has 2 aromatic rings. The molecule has 30 heavy (non-hydrogen) atoms. The Morgan fingerprint density at radius 3 is 2.43 bits per heavy atom. The van der Waals surface area contributed by atoms with Crippen molar-refractivity contribution in [3.8, 4) is 5.75 Å². The molecule has 0 aliphatic carbocycles. The fourth-order valence-electron chi connectivity index (χ4n) is 4.76. The number of aryl methyl sites for hydroxylation is 1. The standard InChI is InChI=1S/C24H32N2O2.2BrH/c1-17-7-8-20-21(24(17)27)15-22(28-23(20)16-25)19-10-13-26(14-11-19)12-9-18-5-3-2-4-6-18;;/h2-8,19,22-23,27H,9-16,25H2,1H3;2*1H/t22-,23-;;/m0../s1. The summed E-state index contributed by atoms with van der Waals surface area (Å²) >= 11 is 0. The molecule has 1 fully saturated rings. The van der Waals surface area contributed by atoms with Crippen LogP contribution >= 0.6 is 34.0 Å². The van der Waals surface area contributed by atoms with Crippen molar-refractivity contribution in [2.45, 2.75) is 44.8 Å². The first-order valence-electron chi connectivity index (χ1n) is 10.6. The van der Waals surface area contributed by atoms with Crippen LogP contribution in [0.2, 0.25) is 0 Å². The van der Waals surface area contributed by atoms with E-state index < -0.39 is 0 Å². The van der Waals surface area contributed by atoms with E-state index in [-0.39, 0.29) is 46.2 Å². The molecular weight excluding hydrogens is 508 g/mol. The minimum atomic E-state index is -0.101. The Kier molecular flexibility index (Phi) is 9.82. The van der Waals surface area contributed by atoms with Crippen LogP contribution in [0.4, 0.5) is 0 Å². The molecular formula is C24H34Br2N2O2. The number of fused-ring (bicyclic) bond motifs is 1. The van der Waals surface area contributed by atoms with Gasteiger partial charge in [-0.15, -0.1) is 34.0 Å². The van der Waals surface area contributed by atoms with E-state index in [0.29, 0.717) is 18.2 Å². The van der Waals surface area contributed by atoms with Gasteiger partial charge in [-0.25, -0.2) is 0 Å². The summed E-state index contributed by atoms with van der Waals surface area (Å²) in [5.74, 6) is 0.972. The van der Waals surface area contributed by atoms with Crippen molar-refractivity contribution in [2.75, 3.05) is 26.2 Å². The van der Waals surface area contributed by atoms with Crippen molar-refractivity contribution in [1.29, 1.82) is 0 Å². The summed E-state index contributed by atoms with van der Waals surface area (Å²) in [5, 5.41) is 10.6. The molecule has 0 radical (unpaired) electrons. The predicted octanol–water partition coefficient (Wildman–Crippen LogP) is 4.75. The Balaban J connectivity index is 0.00000160. The largest absolute Gasteiger partial charge is 0.507 e. The number of likely N-dealkylation sites (tertiary alicyclic amines) is 1. The van der Waals surface area contributed by atoms with Gasteiger partial charge >= 0.3 is 0 Å². The zero-order valence-corrected chi connectivity index (χ0v) is 21.1. The van der Waals surface area contributed by atoms with Crippen molar-refractivity contribution >= 4 is 34.0 Å². The van der Waals surface area contributed by atoms with Gasteiger partial charge in [-0.05, 0) is 61.9 Å². The highest BCUT2D eigenvalue weighted by atomic mass is 79.9. The third kappa shape index (κ3) is 5.65. The maximum Gasteiger partial charge on any atom is 0.122 e. The highest BCUT2D eigenvalue weighted by Crippen LogP contribution is 2.40. The molecule has 2 aliphatic rings. The fraction of sp³-hybridized carbons (Fsp3) is 0.500. The molecule has 0 saturated carbocycles. The molecule has 2 heterocycles. The van der Waals surface area contributed by atoms with Crippen molar-refractivity contribution in [3.63, 3.8) is 0 Å². The van der Waals surface area contributed by atoms with Crippen molar-refractivity contribution in [2.24, 2.45) is 11.7 Å². The zero-order valence-electron chi connectivity index (χ0n) is 17.6. The second kappa shape index (κ2) is 11.6. The smallest absolute Gasteiger partial charge is 0.122 e. The Hall–Kier alpha value is -0.920. The van der Waals surface area contributed by atoms with Crippen LogP contribution in [-0.2, 0) is 17.6 Å². The minimum Gasteiger partial charge on any atom is -0.507 e. The van der Waals surface area contributed by atoms with Crippen LogP contribution in [-0.4, -0.2) is 42.3 Å². The lowest BCUT2D eigenvalue weighted by molar-refractivity contribution is -0.0646. The first-order valence-corrected chi connectivity index (χ1v) is 10.6. The van der Waals surface area contributed by atoms with Gasteiger partial charge in [-0.1, -0.05) is 42.5 Å². The Morgan fingerprint density at radius 1 is 1.07 bits per heavy atom. The Labute approximate surface area is 201 Å². The molecule has 0 aromatic heterocycles. The molecule has 4 rings (SSSR count). The van der Waals surface area contributed by atoms with Gasteiger partial charge in [-0.2, -0.15) is 0 Å². The molecule has 6 heteroatoms. The Morgan fingerprint density at radius 2 is 1.77 bits per heavy atom. The Bertz CT molecular complexity index is 795. The summed E-state index contributed by atoms with van der Waals surface area (Å²) in [4.78, 5) is 2.57. The number of piperidine rings is 1. The highest BCUT2D eigenvalue weighted by molar-refractivity contribution is 8.93. The van der Waals surface area contributed by atoms with E-state index in [0.717, 1.165) is 62.0 Å². The van der Waals surface area contributed by atoms with E-state index in [2.05, 4.69) is 41.3 Å². The molecule has 166 valence electrons. The van der Waals surface area contributed by atoms with E-state index in [9.17, 15) is 5.11 Å². The molecule has 3 N–H and O–H groups in total. The number of aromatic hydroxyl groups is 1. The van der Waals surface area contributed by atoms with Crippen molar-refractivity contribution in [1.82, 2.24) is 4.90 Å². The topological polar surface area (TPSA) is 58.7 Å². The number of halogens is 2. The maximum absolute atomic E-state index is 10.6. The van der Waals surface area contributed by atoms with Crippen LogP contribution < -0.4 is 5.73 Å². The van der Waals surface area contributed by atoms with Gasteiger partial charge in [0, 0.05) is 25.1 Å².